The normalized spacial score (nSPS) is 17.1. The van der Waals surface area contributed by atoms with Crippen LogP contribution >= 0.6 is 0 Å². The van der Waals surface area contributed by atoms with E-state index in [9.17, 15) is 14.7 Å². The number of aliphatic hydroxyl groups is 1. The number of benzene rings is 2. The molecule has 1 saturated heterocycles. The second-order valence-electron chi connectivity index (χ2n) is 8.36. The molecule has 0 spiro atoms. The summed E-state index contributed by atoms with van der Waals surface area (Å²) in [5, 5.41) is 11.2. The molecule has 2 heterocycles. The van der Waals surface area contributed by atoms with E-state index in [0.717, 1.165) is 19.3 Å². The average Bonchev–Trinajstić information content (AvgIpc) is 3.49. The number of aliphatic hydroxyl groups excluding tert-OH is 1. The Balaban J connectivity index is 1.76. The second kappa shape index (κ2) is 11.0. The van der Waals surface area contributed by atoms with Crippen LogP contribution < -0.4 is 9.47 Å². The highest BCUT2D eigenvalue weighted by Crippen LogP contribution is 2.41. The van der Waals surface area contributed by atoms with Crippen LogP contribution in [0.15, 0.2) is 76.9 Å². The summed E-state index contributed by atoms with van der Waals surface area (Å²) in [7, 11) is 1.55. The average molecular weight is 476 g/mol. The summed E-state index contributed by atoms with van der Waals surface area (Å²) >= 11 is 0. The predicted molar refractivity (Wildman–Crippen MR) is 131 cm³/mol. The highest BCUT2D eigenvalue weighted by Gasteiger charge is 2.46. The van der Waals surface area contributed by atoms with Crippen LogP contribution in [0, 0.1) is 0 Å². The van der Waals surface area contributed by atoms with Crippen molar-refractivity contribution in [1.82, 2.24) is 4.90 Å². The Morgan fingerprint density at radius 3 is 2.51 bits per heavy atom. The fraction of sp³-hybridized carbons (Fsp3) is 0.286. The second-order valence-corrected chi connectivity index (χ2v) is 8.36. The largest absolute Gasteiger partial charge is 0.507 e. The van der Waals surface area contributed by atoms with E-state index in [4.69, 9.17) is 13.9 Å². The molecule has 1 atom stereocenters. The minimum absolute atomic E-state index is 0.0230. The Morgan fingerprint density at radius 1 is 1.03 bits per heavy atom. The zero-order chi connectivity index (χ0) is 24.8. The lowest BCUT2D eigenvalue weighted by molar-refractivity contribution is -0.140. The van der Waals surface area contributed by atoms with Gasteiger partial charge in [-0.15, -0.1) is 0 Å². The van der Waals surface area contributed by atoms with Crippen molar-refractivity contribution in [2.45, 2.75) is 38.8 Å². The van der Waals surface area contributed by atoms with Crippen LogP contribution in [0.25, 0.3) is 5.76 Å². The number of rotatable bonds is 10. The molecule has 1 N–H and O–H groups in total. The zero-order valence-electron chi connectivity index (χ0n) is 19.9. The molecule has 2 aromatic carbocycles. The molecule has 3 aromatic rings. The molecular formula is C28H29NO6. The zero-order valence-corrected chi connectivity index (χ0v) is 19.9. The summed E-state index contributed by atoms with van der Waals surface area (Å²) in [5.74, 6) is 0.108. The van der Waals surface area contributed by atoms with Gasteiger partial charge in [0.05, 0.1) is 38.1 Å². The summed E-state index contributed by atoms with van der Waals surface area (Å²) in [6.07, 6.45) is 4.62. The molecule has 1 unspecified atom stereocenters. The Hall–Kier alpha value is -4.00. The maximum absolute atomic E-state index is 13.2. The number of Topliss-reactive ketones (excluding diaryl/α,β-unsaturated/α-hetero) is 1. The quantitative estimate of drug-likeness (QED) is 0.181. The predicted octanol–water partition coefficient (Wildman–Crippen LogP) is 5.48. The third-order valence-electron chi connectivity index (χ3n) is 6.00. The molecule has 1 aliphatic heterocycles. The number of methoxy groups -OCH3 is 1. The molecule has 0 aliphatic carbocycles. The first-order valence-electron chi connectivity index (χ1n) is 11.7. The Kier molecular flexibility index (Phi) is 7.55. The molecule has 7 nitrogen and oxygen atoms in total. The van der Waals surface area contributed by atoms with Gasteiger partial charge in [-0.1, -0.05) is 31.9 Å². The van der Waals surface area contributed by atoms with E-state index >= 15 is 0 Å². The third kappa shape index (κ3) is 5.24. The maximum Gasteiger partial charge on any atom is 0.296 e. The molecule has 182 valence electrons. The Labute approximate surface area is 204 Å². The van der Waals surface area contributed by atoms with Gasteiger partial charge in [-0.3, -0.25) is 9.59 Å². The van der Waals surface area contributed by atoms with Gasteiger partial charge in [0.25, 0.3) is 11.7 Å². The first-order valence-corrected chi connectivity index (χ1v) is 11.7. The number of likely N-dealkylation sites (tertiary alicyclic amines) is 1. The minimum Gasteiger partial charge on any atom is -0.507 e. The van der Waals surface area contributed by atoms with Gasteiger partial charge in [-0.05, 0) is 60.5 Å². The number of carbonyl (C=O) groups excluding carboxylic acids is 2. The number of amides is 1. The van der Waals surface area contributed by atoms with Gasteiger partial charge in [0.1, 0.15) is 23.0 Å². The molecular weight excluding hydrogens is 446 g/mol. The molecule has 1 aliphatic rings. The fourth-order valence-corrected chi connectivity index (χ4v) is 4.18. The van der Waals surface area contributed by atoms with Crippen LogP contribution in [0.4, 0.5) is 0 Å². The molecule has 1 aromatic heterocycles. The van der Waals surface area contributed by atoms with Crippen LogP contribution in [-0.4, -0.2) is 35.4 Å². The first-order chi connectivity index (χ1) is 17.0. The van der Waals surface area contributed by atoms with Crippen LogP contribution in [0.3, 0.4) is 0 Å². The lowest BCUT2D eigenvalue weighted by Crippen LogP contribution is -2.29. The van der Waals surface area contributed by atoms with E-state index in [2.05, 4.69) is 6.92 Å². The minimum atomic E-state index is -0.804. The van der Waals surface area contributed by atoms with Crippen molar-refractivity contribution in [2.75, 3.05) is 13.7 Å². The van der Waals surface area contributed by atoms with Crippen molar-refractivity contribution in [1.29, 1.82) is 0 Å². The smallest absolute Gasteiger partial charge is 0.296 e. The number of unbranched alkanes of at least 4 members (excludes halogenated alkanes) is 2. The van der Waals surface area contributed by atoms with Gasteiger partial charge in [0.15, 0.2) is 0 Å². The highest BCUT2D eigenvalue weighted by atomic mass is 16.5. The van der Waals surface area contributed by atoms with E-state index in [0.29, 0.717) is 35.0 Å². The molecule has 0 radical (unpaired) electrons. The number of hydrogen-bond donors (Lipinski definition) is 1. The van der Waals surface area contributed by atoms with E-state index in [1.165, 1.54) is 11.2 Å². The van der Waals surface area contributed by atoms with Gasteiger partial charge >= 0.3 is 0 Å². The lowest BCUT2D eigenvalue weighted by Gasteiger charge is -2.25. The number of furan rings is 1. The summed E-state index contributed by atoms with van der Waals surface area (Å²) < 4.78 is 16.5. The molecule has 7 heteroatoms. The number of ketones is 1. The lowest BCUT2D eigenvalue weighted by atomic mass is 9.95. The maximum atomic E-state index is 13.2. The summed E-state index contributed by atoms with van der Waals surface area (Å²) in [4.78, 5) is 27.8. The molecule has 1 amide bonds. The molecule has 0 bridgehead atoms. The number of ether oxygens (including phenoxy) is 2. The van der Waals surface area contributed by atoms with Crippen molar-refractivity contribution in [2.24, 2.45) is 0 Å². The van der Waals surface area contributed by atoms with E-state index < -0.39 is 17.7 Å². The van der Waals surface area contributed by atoms with Gasteiger partial charge in [-0.2, -0.15) is 0 Å². The topological polar surface area (TPSA) is 89.2 Å². The van der Waals surface area contributed by atoms with E-state index in [1.54, 1.807) is 43.5 Å². The van der Waals surface area contributed by atoms with Crippen molar-refractivity contribution < 1.29 is 28.6 Å². The number of carbonyl (C=O) groups is 2. The van der Waals surface area contributed by atoms with Gasteiger partial charge in [-0.25, -0.2) is 0 Å². The SMILES string of the molecule is CCCCCOc1cccc(C2/C(=C(\O)c3ccc(OC)cc3)C(=O)C(=O)N2Cc2ccco2)c1. The molecule has 1 fully saturated rings. The molecule has 0 saturated carbocycles. The van der Waals surface area contributed by atoms with Gasteiger partial charge < -0.3 is 23.9 Å². The van der Waals surface area contributed by atoms with Gasteiger partial charge in [0, 0.05) is 5.56 Å². The first kappa shape index (κ1) is 24.1. The monoisotopic (exact) mass is 475 g/mol. The fourth-order valence-electron chi connectivity index (χ4n) is 4.18. The van der Waals surface area contributed by atoms with Crippen molar-refractivity contribution >= 4 is 17.4 Å². The van der Waals surface area contributed by atoms with Crippen LogP contribution in [0.5, 0.6) is 11.5 Å². The standard InChI is InChI=1S/C28H29NO6/c1-3-4-5-15-34-22-9-6-8-20(17-22)25-24(26(30)19-11-13-21(33-2)14-12-19)27(31)28(32)29(25)18-23-10-7-16-35-23/h6-14,16-17,25,30H,3-5,15,18H2,1-2H3/b26-24+. The highest BCUT2D eigenvalue weighted by molar-refractivity contribution is 6.46. The Bertz CT molecular complexity index is 1200. The van der Waals surface area contributed by atoms with E-state index in [1.807, 2.05) is 24.3 Å². The summed E-state index contributed by atoms with van der Waals surface area (Å²) in [6, 6.07) is 16.7. The van der Waals surface area contributed by atoms with E-state index in [-0.39, 0.29) is 17.9 Å². The van der Waals surface area contributed by atoms with Crippen LogP contribution in [0.2, 0.25) is 0 Å². The van der Waals surface area contributed by atoms with Crippen molar-refractivity contribution in [3.8, 4) is 11.5 Å². The number of nitrogens with zero attached hydrogens (tertiary/aromatic N) is 1. The van der Waals surface area contributed by atoms with Gasteiger partial charge in [0.2, 0.25) is 0 Å². The molecule has 4 rings (SSSR count). The number of hydrogen-bond acceptors (Lipinski definition) is 6. The van der Waals surface area contributed by atoms with Crippen molar-refractivity contribution in [3.05, 3.63) is 89.4 Å². The Morgan fingerprint density at radius 2 is 1.83 bits per heavy atom. The van der Waals surface area contributed by atoms with Crippen molar-refractivity contribution in [3.63, 3.8) is 0 Å². The summed E-state index contributed by atoms with van der Waals surface area (Å²) in [5.41, 5.74) is 1.10. The van der Waals surface area contributed by atoms with Crippen LogP contribution in [-0.2, 0) is 16.1 Å². The third-order valence-corrected chi connectivity index (χ3v) is 6.00. The van der Waals surface area contributed by atoms with Crippen LogP contribution in [0.1, 0.15) is 49.1 Å². The molecule has 35 heavy (non-hydrogen) atoms. The summed E-state index contributed by atoms with van der Waals surface area (Å²) in [6.45, 7) is 2.80.